The average molecular weight is 389 g/mol. The molecule has 0 aliphatic rings. The number of hydrogen-bond acceptors (Lipinski definition) is 2. The monoisotopic (exact) mass is 387 g/mol. The van der Waals surface area contributed by atoms with Gasteiger partial charge in [-0.05, 0) is 58.5 Å². The molecule has 0 saturated carbocycles. The van der Waals surface area contributed by atoms with Crippen molar-refractivity contribution in [1.82, 2.24) is 5.32 Å². The molecule has 0 radical (unpaired) electrons. The molecule has 0 aliphatic carbocycles. The Balaban J connectivity index is 2.20. The maximum absolute atomic E-state index is 3.61. The van der Waals surface area contributed by atoms with Gasteiger partial charge in [0.2, 0.25) is 0 Å². The Bertz CT molecular complexity index is 510. The standard InChI is InChI=1S/C14H15Br2NS/c1-17-9-11(8-14-13(16)5-6-18-14)10-3-2-4-12(15)7-10/h2-7,11,17H,8-9H2,1H3. The van der Waals surface area contributed by atoms with E-state index in [2.05, 4.69) is 72.9 Å². The van der Waals surface area contributed by atoms with Crippen LogP contribution in [0.4, 0.5) is 0 Å². The largest absolute Gasteiger partial charge is 0.319 e. The fraction of sp³-hybridized carbons (Fsp3) is 0.286. The molecule has 0 amide bonds. The molecule has 1 nitrogen and oxygen atoms in total. The third-order valence-electron chi connectivity index (χ3n) is 2.89. The van der Waals surface area contributed by atoms with Crippen LogP contribution in [0.3, 0.4) is 0 Å². The van der Waals surface area contributed by atoms with Gasteiger partial charge in [0.05, 0.1) is 0 Å². The van der Waals surface area contributed by atoms with Crippen LogP contribution in [0.15, 0.2) is 44.7 Å². The number of nitrogens with one attached hydrogen (secondary N) is 1. The Hall–Kier alpha value is -0.160. The summed E-state index contributed by atoms with van der Waals surface area (Å²) < 4.78 is 2.37. The van der Waals surface area contributed by atoms with Gasteiger partial charge in [0, 0.05) is 26.3 Å². The van der Waals surface area contributed by atoms with Crippen LogP contribution in [-0.4, -0.2) is 13.6 Å². The zero-order valence-electron chi connectivity index (χ0n) is 10.1. The Morgan fingerprint density at radius 1 is 1.28 bits per heavy atom. The molecule has 96 valence electrons. The lowest BCUT2D eigenvalue weighted by Gasteiger charge is -2.17. The molecule has 18 heavy (non-hydrogen) atoms. The molecule has 2 aromatic rings. The molecule has 0 aliphatic heterocycles. The number of halogens is 2. The van der Waals surface area contributed by atoms with Crippen molar-refractivity contribution in [2.24, 2.45) is 0 Å². The van der Waals surface area contributed by atoms with Crippen LogP contribution in [-0.2, 0) is 6.42 Å². The fourth-order valence-corrected chi connectivity index (χ4v) is 4.02. The molecule has 1 unspecified atom stereocenters. The fourth-order valence-electron chi connectivity index (χ4n) is 2.01. The van der Waals surface area contributed by atoms with Crippen molar-refractivity contribution in [3.63, 3.8) is 0 Å². The molecule has 1 heterocycles. The van der Waals surface area contributed by atoms with Crippen molar-refractivity contribution in [3.05, 3.63) is 55.1 Å². The van der Waals surface area contributed by atoms with Crippen LogP contribution in [0.25, 0.3) is 0 Å². The van der Waals surface area contributed by atoms with E-state index in [4.69, 9.17) is 0 Å². The maximum Gasteiger partial charge on any atom is 0.0314 e. The minimum Gasteiger partial charge on any atom is -0.319 e. The van der Waals surface area contributed by atoms with Crippen molar-refractivity contribution in [3.8, 4) is 0 Å². The summed E-state index contributed by atoms with van der Waals surface area (Å²) in [5, 5.41) is 5.43. The molecule has 1 atom stereocenters. The van der Waals surface area contributed by atoms with Gasteiger partial charge < -0.3 is 5.32 Å². The van der Waals surface area contributed by atoms with Crippen LogP contribution in [0, 0.1) is 0 Å². The minimum atomic E-state index is 0.502. The van der Waals surface area contributed by atoms with Gasteiger partial charge in [0.1, 0.15) is 0 Å². The van der Waals surface area contributed by atoms with Gasteiger partial charge in [0.15, 0.2) is 0 Å². The summed E-state index contributed by atoms with van der Waals surface area (Å²) in [5.74, 6) is 0.502. The summed E-state index contributed by atoms with van der Waals surface area (Å²) in [7, 11) is 2.01. The van der Waals surface area contributed by atoms with Gasteiger partial charge in [-0.15, -0.1) is 11.3 Å². The highest BCUT2D eigenvalue weighted by Crippen LogP contribution is 2.30. The molecule has 2 rings (SSSR count). The van der Waals surface area contributed by atoms with Crippen molar-refractivity contribution >= 4 is 43.2 Å². The lowest BCUT2D eigenvalue weighted by Crippen LogP contribution is -2.19. The minimum absolute atomic E-state index is 0.502. The number of likely N-dealkylation sites (N-methyl/N-ethyl adjacent to an activating group) is 1. The molecule has 1 aromatic carbocycles. The molecular weight excluding hydrogens is 374 g/mol. The van der Waals surface area contributed by atoms with Crippen LogP contribution < -0.4 is 5.32 Å². The average Bonchev–Trinajstić information content (AvgIpc) is 2.74. The third-order valence-corrected chi connectivity index (χ3v) is 5.34. The third kappa shape index (κ3) is 3.67. The number of thiophene rings is 1. The number of benzene rings is 1. The first-order chi connectivity index (χ1) is 8.70. The van der Waals surface area contributed by atoms with Gasteiger partial charge in [-0.3, -0.25) is 0 Å². The highest BCUT2D eigenvalue weighted by Gasteiger charge is 2.14. The molecule has 0 fully saturated rings. The molecule has 1 N–H and O–H groups in total. The van der Waals surface area contributed by atoms with E-state index in [0.717, 1.165) is 17.4 Å². The predicted octanol–water partition coefficient (Wildman–Crippen LogP) is 4.82. The maximum atomic E-state index is 3.61. The molecular formula is C14H15Br2NS. The van der Waals surface area contributed by atoms with Crippen molar-refractivity contribution in [2.45, 2.75) is 12.3 Å². The number of hydrogen-bond donors (Lipinski definition) is 1. The van der Waals surface area contributed by atoms with E-state index < -0.39 is 0 Å². The van der Waals surface area contributed by atoms with Gasteiger partial charge in [-0.2, -0.15) is 0 Å². The first kappa shape index (κ1) is 14.3. The molecule has 0 spiro atoms. The second-order valence-electron chi connectivity index (χ2n) is 4.21. The van der Waals surface area contributed by atoms with Crippen LogP contribution in [0.2, 0.25) is 0 Å². The predicted molar refractivity (Wildman–Crippen MR) is 86.5 cm³/mol. The van der Waals surface area contributed by atoms with Crippen LogP contribution in [0.1, 0.15) is 16.4 Å². The van der Waals surface area contributed by atoms with Crippen LogP contribution >= 0.6 is 43.2 Å². The summed E-state index contributed by atoms with van der Waals surface area (Å²) in [6, 6.07) is 10.7. The van der Waals surface area contributed by atoms with E-state index in [1.807, 2.05) is 18.4 Å². The Kier molecular flexibility index (Phi) is 5.42. The van der Waals surface area contributed by atoms with E-state index in [1.54, 1.807) is 0 Å². The van der Waals surface area contributed by atoms with Gasteiger partial charge in [-0.25, -0.2) is 0 Å². The highest BCUT2D eigenvalue weighted by molar-refractivity contribution is 9.10. The first-order valence-electron chi connectivity index (χ1n) is 5.82. The molecule has 4 heteroatoms. The van der Waals surface area contributed by atoms with E-state index in [9.17, 15) is 0 Å². The summed E-state index contributed by atoms with van der Waals surface area (Å²) in [6.07, 6.45) is 1.07. The molecule has 1 aromatic heterocycles. The second kappa shape index (κ2) is 6.85. The van der Waals surface area contributed by atoms with Gasteiger partial charge in [0.25, 0.3) is 0 Å². The van der Waals surface area contributed by atoms with E-state index in [-0.39, 0.29) is 0 Å². The Labute approximate surface area is 129 Å². The van der Waals surface area contributed by atoms with Gasteiger partial charge in [-0.1, -0.05) is 28.1 Å². The zero-order valence-corrected chi connectivity index (χ0v) is 14.1. The van der Waals surface area contributed by atoms with Gasteiger partial charge >= 0.3 is 0 Å². The summed E-state index contributed by atoms with van der Waals surface area (Å²) in [4.78, 5) is 1.41. The summed E-state index contributed by atoms with van der Waals surface area (Å²) in [5.41, 5.74) is 1.37. The van der Waals surface area contributed by atoms with Crippen molar-refractivity contribution < 1.29 is 0 Å². The SMILES string of the molecule is CNCC(Cc1sccc1Br)c1cccc(Br)c1. The van der Waals surface area contributed by atoms with Crippen LogP contribution in [0.5, 0.6) is 0 Å². The first-order valence-corrected chi connectivity index (χ1v) is 8.29. The van der Waals surface area contributed by atoms with E-state index in [1.165, 1.54) is 14.9 Å². The Morgan fingerprint density at radius 2 is 2.11 bits per heavy atom. The topological polar surface area (TPSA) is 12.0 Å². The second-order valence-corrected chi connectivity index (χ2v) is 6.98. The molecule has 0 bridgehead atoms. The van der Waals surface area contributed by atoms with E-state index in [0.29, 0.717) is 5.92 Å². The highest BCUT2D eigenvalue weighted by atomic mass is 79.9. The molecule has 0 saturated heterocycles. The summed E-state index contributed by atoms with van der Waals surface area (Å²) in [6.45, 7) is 0.987. The smallest absolute Gasteiger partial charge is 0.0314 e. The lowest BCUT2D eigenvalue weighted by atomic mass is 9.95. The van der Waals surface area contributed by atoms with E-state index >= 15 is 0 Å². The lowest BCUT2D eigenvalue weighted by molar-refractivity contribution is 0.629. The quantitative estimate of drug-likeness (QED) is 0.774. The zero-order chi connectivity index (χ0) is 13.0. The van der Waals surface area contributed by atoms with Crippen molar-refractivity contribution in [1.29, 1.82) is 0 Å². The summed E-state index contributed by atoms with van der Waals surface area (Å²) >= 11 is 8.98. The normalized spacial score (nSPS) is 12.6. The Morgan fingerprint density at radius 3 is 2.72 bits per heavy atom. The number of rotatable bonds is 5. The van der Waals surface area contributed by atoms with Crippen molar-refractivity contribution in [2.75, 3.05) is 13.6 Å².